The van der Waals surface area contributed by atoms with Gasteiger partial charge in [0.25, 0.3) is 5.91 Å². The molecule has 0 aliphatic carbocycles. The summed E-state index contributed by atoms with van der Waals surface area (Å²) >= 11 is 0. The number of hydrogen-bond acceptors (Lipinski definition) is 9. The first-order valence-corrected chi connectivity index (χ1v) is 12.5. The van der Waals surface area contributed by atoms with E-state index < -0.39 is 46.8 Å². The fraction of sp³-hybridized carbons (Fsp3) is 0.750. The number of aliphatic hydroxyl groups is 2. The normalized spacial score (nSPS) is 23.9. The molecule has 2 fully saturated rings. The number of rotatable bonds is 7. The van der Waals surface area contributed by atoms with Crippen LogP contribution >= 0.6 is 0 Å². The van der Waals surface area contributed by atoms with Crippen molar-refractivity contribution < 1.29 is 32.7 Å². The van der Waals surface area contributed by atoms with Crippen molar-refractivity contribution >= 4 is 28.3 Å². The second-order valence-corrected chi connectivity index (χ2v) is 11.5. The number of hydrogen-bond donors (Lipinski definition) is 2. The molecule has 2 aliphatic heterocycles. The van der Waals surface area contributed by atoms with Gasteiger partial charge in [0.2, 0.25) is 15.0 Å². The van der Waals surface area contributed by atoms with Gasteiger partial charge in [-0.1, -0.05) is 0 Å². The van der Waals surface area contributed by atoms with E-state index >= 15 is 0 Å². The van der Waals surface area contributed by atoms with E-state index in [1.807, 2.05) is 27.7 Å². The van der Waals surface area contributed by atoms with Crippen molar-refractivity contribution in [1.82, 2.24) is 14.9 Å². The zero-order chi connectivity index (χ0) is 23.7. The van der Waals surface area contributed by atoms with Gasteiger partial charge < -0.3 is 24.4 Å². The predicted molar refractivity (Wildman–Crippen MR) is 117 cm³/mol. The molecular weight excluding hydrogens is 437 g/mol. The first-order valence-electron chi connectivity index (χ1n) is 10.8. The number of likely N-dealkylation sites (tertiary alicyclic amines) is 1. The Balaban J connectivity index is 1.60. The molecule has 0 spiro atoms. The van der Waals surface area contributed by atoms with Crippen molar-refractivity contribution in [3.05, 3.63) is 12.4 Å². The molecule has 2 N–H and O–H groups in total. The Bertz CT molecular complexity index is 908. The van der Waals surface area contributed by atoms with Crippen molar-refractivity contribution in [3.63, 3.8) is 0 Å². The quantitative estimate of drug-likeness (QED) is 0.401. The van der Waals surface area contributed by atoms with Crippen molar-refractivity contribution in [2.24, 2.45) is 5.92 Å². The molecule has 178 valence electrons. The molecule has 0 radical (unpaired) electrons. The lowest BCUT2D eigenvalue weighted by atomic mass is 9.81. The van der Waals surface area contributed by atoms with Gasteiger partial charge in [0.1, 0.15) is 0 Å². The van der Waals surface area contributed by atoms with Crippen LogP contribution in [0, 0.1) is 5.92 Å². The topological polar surface area (TPSA) is 139 Å². The molecule has 3 heterocycles. The Morgan fingerprint density at radius 1 is 1.25 bits per heavy atom. The minimum Gasteiger partial charge on any atom is -0.399 e. The summed E-state index contributed by atoms with van der Waals surface area (Å²) in [5.41, 5.74) is -0.498. The second-order valence-electron chi connectivity index (χ2n) is 9.49. The zero-order valence-electron chi connectivity index (χ0n) is 19.0. The van der Waals surface area contributed by atoms with Gasteiger partial charge in [0, 0.05) is 30.9 Å². The van der Waals surface area contributed by atoms with Crippen molar-refractivity contribution in [3.8, 4) is 0 Å². The van der Waals surface area contributed by atoms with Crippen LogP contribution in [0.5, 0.6) is 0 Å². The molecule has 1 aromatic rings. The number of piperidine rings is 1. The second kappa shape index (κ2) is 9.34. The molecule has 0 saturated carbocycles. The van der Waals surface area contributed by atoms with E-state index in [0.29, 0.717) is 31.4 Å². The van der Waals surface area contributed by atoms with Crippen LogP contribution in [0.25, 0.3) is 0 Å². The van der Waals surface area contributed by atoms with Crippen LogP contribution in [0.2, 0.25) is 0 Å². The summed E-state index contributed by atoms with van der Waals surface area (Å²) < 4.78 is 37.4. The highest BCUT2D eigenvalue weighted by atomic mass is 32.2. The number of aliphatic hydroxyl groups excluding tert-OH is 2. The van der Waals surface area contributed by atoms with Gasteiger partial charge in [0.05, 0.1) is 23.6 Å². The third-order valence-electron chi connectivity index (χ3n) is 6.54. The number of carbonyl (C=O) groups is 1. The number of sulfone groups is 1. The third kappa shape index (κ3) is 5.31. The standard InChI is InChI=1S/C20H32BN3O7S/c1-19(2)20(3,4)31-21(30-19)15-10-22-18(23-11-15)32(28,29)9-7-14-6-5-8-24(12-14)17(27)16(26)13-25/h10-11,14,16,25-26H,5-9,12-13H2,1-4H3/t14-,16+/m0/s1. The first-order chi connectivity index (χ1) is 14.9. The molecule has 1 aromatic heterocycles. The van der Waals surface area contributed by atoms with Crippen molar-refractivity contribution in [2.75, 3.05) is 25.4 Å². The Hall–Kier alpha value is -1.60. The van der Waals surface area contributed by atoms with E-state index in [1.165, 1.54) is 17.3 Å². The maximum atomic E-state index is 12.7. The van der Waals surface area contributed by atoms with Crippen LogP contribution in [0.15, 0.2) is 17.6 Å². The lowest BCUT2D eigenvalue weighted by molar-refractivity contribution is -0.144. The fourth-order valence-electron chi connectivity index (χ4n) is 3.79. The molecule has 3 rings (SSSR count). The Labute approximate surface area is 189 Å². The number of carbonyl (C=O) groups excluding carboxylic acids is 1. The summed E-state index contributed by atoms with van der Waals surface area (Å²) in [4.78, 5) is 21.7. The van der Waals surface area contributed by atoms with Gasteiger partial charge in [-0.05, 0) is 52.9 Å². The summed E-state index contributed by atoms with van der Waals surface area (Å²) in [6, 6.07) is 0. The fourth-order valence-corrected chi connectivity index (χ4v) is 5.04. The van der Waals surface area contributed by atoms with Crippen molar-refractivity contribution in [2.45, 2.75) is 69.4 Å². The Morgan fingerprint density at radius 3 is 2.41 bits per heavy atom. The lowest BCUT2D eigenvalue weighted by Crippen LogP contribution is -2.46. The average molecular weight is 469 g/mol. The first kappa shape index (κ1) is 25.0. The monoisotopic (exact) mass is 469 g/mol. The molecule has 32 heavy (non-hydrogen) atoms. The van der Waals surface area contributed by atoms with Crippen LogP contribution in [0.3, 0.4) is 0 Å². The summed E-state index contributed by atoms with van der Waals surface area (Å²) in [5, 5.41) is 18.3. The SMILES string of the molecule is CC1(C)OB(c2cnc(S(=O)(=O)CC[C@@H]3CCCN(C(=O)[C@H](O)CO)C3)nc2)OC1(C)C. The highest BCUT2D eigenvalue weighted by Crippen LogP contribution is 2.36. The maximum absolute atomic E-state index is 12.7. The molecule has 1 amide bonds. The number of amides is 1. The highest BCUT2D eigenvalue weighted by molar-refractivity contribution is 7.91. The zero-order valence-corrected chi connectivity index (χ0v) is 19.8. The molecule has 2 atom stereocenters. The van der Waals surface area contributed by atoms with E-state index in [0.717, 1.165) is 6.42 Å². The summed E-state index contributed by atoms with van der Waals surface area (Å²) in [6.07, 6.45) is 3.25. The van der Waals surface area contributed by atoms with Gasteiger partial charge in [0.15, 0.2) is 6.10 Å². The van der Waals surface area contributed by atoms with Gasteiger partial charge in [-0.15, -0.1) is 0 Å². The molecule has 0 unspecified atom stereocenters. The summed E-state index contributed by atoms with van der Waals surface area (Å²) in [6.45, 7) is 7.92. The van der Waals surface area contributed by atoms with E-state index in [9.17, 15) is 18.3 Å². The van der Waals surface area contributed by atoms with Gasteiger partial charge >= 0.3 is 7.12 Å². The molecule has 2 aliphatic rings. The van der Waals surface area contributed by atoms with Crippen LogP contribution in [-0.4, -0.2) is 89.3 Å². The number of nitrogens with zero attached hydrogens (tertiary/aromatic N) is 3. The Morgan fingerprint density at radius 2 is 1.84 bits per heavy atom. The van der Waals surface area contributed by atoms with Crippen LogP contribution in [0.1, 0.15) is 47.0 Å². The highest BCUT2D eigenvalue weighted by Gasteiger charge is 2.52. The molecule has 12 heteroatoms. The van der Waals surface area contributed by atoms with Crippen LogP contribution < -0.4 is 5.46 Å². The molecule has 0 bridgehead atoms. The third-order valence-corrected chi connectivity index (χ3v) is 8.08. The van der Waals surface area contributed by atoms with Gasteiger partial charge in [-0.2, -0.15) is 0 Å². The van der Waals surface area contributed by atoms with E-state index in [4.69, 9.17) is 14.4 Å². The molecule has 2 saturated heterocycles. The summed E-state index contributed by atoms with van der Waals surface area (Å²) in [5.74, 6) is -0.683. The molecule has 10 nitrogen and oxygen atoms in total. The lowest BCUT2D eigenvalue weighted by Gasteiger charge is -2.33. The van der Waals surface area contributed by atoms with Crippen molar-refractivity contribution in [1.29, 1.82) is 0 Å². The van der Waals surface area contributed by atoms with Crippen LogP contribution in [0.4, 0.5) is 0 Å². The molecular formula is C20H32BN3O7S. The molecule has 0 aromatic carbocycles. The van der Waals surface area contributed by atoms with E-state index in [1.54, 1.807) is 0 Å². The minimum atomic E-state index is -3.70. The average Bonchev–Trinajstić information content (AvgIpc) is 2.98. The summed E-state index contributed by atoms with van der Waals surface area (Å²) in [7, 11) is -4.37. The maximum Gasteiger partial charge on any atom is 0.498 e. The Kier molecular flexibility index (Phi) is 7.31. The van der Waals surface area contributed by atoms with Gasteiger partial charge in [-0.3, -0.25) is 4.79 Å². The van der Waals surface area contributed by atoms with E-state index in [2.05, 4.69) is 9.97 Å². The largest absolute Gasteiger partial charge is 0.498 e. The number of aromatic nitrogens is 2. The predicted octanol–water partition coefficient (Wildman–Crippen LogP) is -0.469. The smallest absolute Gasteiger partial charge is 0.399 e. The van der Waals surface area contributed by atoms with Gasteiger partial charge in [-0.25, -0.2) is 18.4 Å². The van der Waals surface area contributed by atoms with E-state index in [-0.39, 0.29) is 16.8 Å². The minimum absolute atomic E-state index is 0.0163. The van der Waals surface area contributed by atoms with Crippen LogP contribution in [-0.2, 0) is 23.9 Å².